The lowest BCUT2D eigenvalue weighted by atomic mass is 10.1. The summed E-state index contributed by atoms with van der Waals surface area (Å²) in [6, 6.07) is 7.92. The van der Waals surface area contributed by atoms with E-state index in [1.807, 2.05) is 0 Å². The van der Waals surface area contributed by atoms with Crippen LogP contribution in [0, 0.1) is 9.39 Å². The molecule has 0 bridgehead atoms. The van der Waals surface area contributed by atoms with Crippen LogP contribution in [0.15, 0.2) is 30.3 Å². The minimum atomic E-state index is -0.378. The van der Waals surface area contributed by atoms with E-state index in [-0.39, 0.29) is 10.8 Å². The van der Waals surface area contributed by atoms with Gasteiger partial charge in [-0.1, -0.05) is 34.8 Å². The Labute approximate surface area is 127 Å². The van der Waals surface area contributed by atoms with Crippen LogP contribution in [-0.4, -0.2) is 0 Å². The van der Waals surface area contributed by atoms with Crippen LogP contribution in [0.1, 0.15) is 0 Å². The summed E-state index contributed by atoms with van der Waals surface area (Å²) in [7, 11) is 0. The van der Waals surface area contributed by atoms with Crippen molar-refractivity contribution in [2.24, 2.45) is 0 Å². The molecule has 17 heavy (non-hydrogen) atoms. The van der Waals surface area contributed by atoms with Gasteiger partial charge in [0.05, 0.1) is 15.1 Å². The zero-order chi connectivity index (χ0) is 12.6. The van der Waals surface area contributed by atoms with Crippen LogP contribution < -0.4 is 0 Å². The van der Waals surface area contributed by atoms with Gasteiger partial charge in [0.25, 0.3) is 0 Å². The molecule has 2 aromatic carbocycles. The second-order valence-electron chi connectivity index (χ2n) is 3.34. The van der Waals surface area contributed by atoms with Crippen LogP contribution in [0.2, 0.25) is 15.1 Å². The fourth-order valence-corrected chi connectivity index (χ4v) is 2.69. The SMILES string of the molecule is Fc1ccc(I)cc1-c1c(Cl)ccc(Cl)c1Cl. The zero-order valence-corrected chi connectivity index (χ0v) is 12.7. The number of hydrogen-bond acceptors (Lipinski definition) is 0. The molecule has 0 spiro atoms. The van der Waals surface area contributed by atoms with E-state index in [9.17, 15) is 4.39 Å². The van der Waals surface area contributed by atoms with Crippen LogP contribution in [0.5, 0.6) is 0 Å². The Morgan fingerprint density at radius 2 is 1.59 bits per heavy atom. The molecule has 0 saturated carbocycles. The molecule has 0 saturated heterocycles. The number of benzene rings is 2. The molecular weight excluding hydrogens is 396 g/mol. The molecule has 0 aliphatic heterocycles. The smallest absolute Gasteiger partial charge is 0.131 e. The summed E-state index contributed by atoms with van der Waals surface area (Å²) in [5, 5.41) is 0.990. The highest BCUT2D eigenvalue weighted by Crippen LogP contribution is 2.40. The van der Waals surface area contributed by atoms with Gasteiger partial charge in [-0.25, -0.2) is 4.39 Å². The molecule has 0 aliphatic rings. The summed E-state index contributed by atoms with van der Waals surface area (Å²) in [4.78, 5) is 0. The first-order chi connectivity index (χ1) is 8.00. The molecule has 0 amide bonds. The van der Waals surface area contributed by atoms with Gasteiger partial charge in [0, 0.05) is 14.7 Å². The third-order valence-corrected chi connectivity index (χ3v) is 4.03. The predicted octanol–water partition coefficient (Wildman–Crippen LogP) is 6.06. The Balaban J connectivity index is 2.76. The monoisotopic (exact) mass is 400 g/mol. The second-order valence-corrected chi connectivity index (χ2v) is 5.78. The molecule has 5 heteroatoms. The first-order valence-corrected chi connectivity index (χ1v) is 6.81. The normalized spacial score (nSPS) is 10.6. The Bertz CT molecular complexity index is 584. The van der Waals surface area contributed by atoms with Crippen LogP contribution in [0.3, 0.4) is 0 Å². The number of hydrogen-bond donors (Lipinski definition) is 0. The Kier molecular flexibility index (Phi) is 4.18. The summed E-state index contributed by atoms with van der Waals surface area (Å²) in [5.41, 5.74) is 0.784. The van der Waals surface area contributed by atoms with Gasteiger partial charge in [-0.3, -0.25) is 0 Å². The molecule has 0 atom stereocenters. The highest BCUT2D eigenvalue weighted by molar-refractivity contribution is 14.1. The van der Waals surface area contributed by atoms with Gasteiger partial charge >= 0.3 is 0 Å². The molecule has 0 heterocycles. The molecule has 0 aromatic heterocycles. The van der Waals surface area contributed by atoms with Crippen LogP contribution in [-0.2, 0) is 0 Å². The van der Waals surface area contributed by atoms with Gasteiger partial charge in [0.2, 0.25) is 0 Å². The van der Waals surface area contributed by atoms with Crippen molar-refractivity contribution < 1.29 is 4.39 Å². The van der Waals surface area contributed by atoms with Crippen LogP contribution in [0.25, 0.3) is 11.1 Å². The lowest BCUT2D eigenvalue weighted by Crippen LogP contribution is -1.89. The van der Waals surface area contributed by atoms with Crippen molar-refractivity contribution in [3.63, 3.8) is 0 Å². The van der Waals surface area contributed by atoms with Gasteiger partial charge in [-0.05, 0) is 52.9 Å². The van der Waals surface area contributed by atoms with E-state index in [2.05, 4.69) is 22.6 Å². The number of rotatable bonds is 1. The van der Waals surface area contributed by atoms with E-state index < -0.39 is 0 Å². The van der Waals surface area contributed by atoms with Crippen molar-refractivity contribution in [2.75, 3.05) is 0 Å². The van der Waals surface area contributed by atoms with E-state index in [1.54, 1.807) is 24.3 Å². The fourth-order valence-electron chi connectivity index (χ4n) is 1.46. The summed E-state index contributed by atoms with van der Waals surface area (Å²) in [6.45, 7) is 0. The highest BCUT2D eigenvalue weighted by Gasteiger charge is 2.15. The quantitative estimate of drug-likeness (QED) is 0.403. The largest absolute Gasteiger partial charge is 0.206 e. The average molecular weight is 401 g/mol. The molecule has 0 aliphatic carbocycles. The molecule has 0 nitrogen and oxygen atoms in total. The maximum absolute atomic E-state index is 13.8. The van der Waals surface area contributed by atoms with Crippen molar-refractivity contribution >= 4 is 57.4 Å². The van der Waals surface area contributed by atoms with Gasteiger partial charge in [0.1, 0.15) is 5.82 Å². The first kappa shape index (κ1) is 13.4. The van der Waals surface area contributed by atoms with E-state index in [4.69, 9.17) is 34.8 Å². The van der Waals surface area contributed by atoms with E-state index >= 15 is 0 Å². The molecule has 2 rings (SSSR count). The molecule has 0 radical (unpaired) electrons. The predicted molar refractivity (Wildman–Crippen MR) is 79.6 cm³/mol. The minimum absolute atomic E-state index is 0.264. The summed E-state index contributed by atoms with van der Waals surface area (Å²) in [6.07, 6.45) is 0. The van der Waals surface area contributed by atoms with Crippen molar-refractivity contribution in [1.29, 1.82) is 0 Å². The third kappa shape index (κ3) is 2.70. The molecule has 0 N–H and O–H groups in total. The lowest BCUT2D eigenvalue weighted by Gasteiger charge is -2.10. The molecular formula is C12H5Cl3FI. The minimum Gasteiger partial charge on any atom is -0.206 e. The second kappa shape index (κ2) is 5.31. The standard InChI is InChI=1S/C12H5Cl3FI/c13-8-2-3-9(14)12(15)11(8)7-5-6(17)1-4-10(7)16/h1-5H. The number of halogens is 5. The molecule has 88 valence electrons. The third-order valence-electron chi connectivity index (χ3n) is 2.24. The topological polar surface area (TPSA) is 0 Å². The average Bonchev–Trinajstić information content (AvgIpc) is 2.29. The summed E-state index contributed by atoms with van der Waals surface area (Å²) >= 11 is 20.1. The van der Waals surface area contributed by atoms with Crippen molar-refractivity contribution in [2.45, 2.75) is 0 Å². The zero-order valence-electron chi connectivity index (χ0n) is 8.28. The van der Waals surface area contributed by atoms with E-state index in [0.717, 1.165) is 3.57 Å². The summed E-state index contributed by atoms with van der Waals surface area (Å²) in [5.74, 6) is -0.378. The van der Waals surface area contributed by atoms with Crippen molar-refractivity contribution in [3.05, 3.63) is 54.8 Å². The van der Waals surface area contributed by atoms with Gasteiger partial charge in [-0.15, -0.1) is 0 Å². The Morgan fingerprint density at radius 3 is 2.29 bits per heavy atom. The van der Waals surface area contributed by atoms with E-state index in [0.29, 0.717) is 21.2 Å². The van der Waals surface area contributed by atoms with Crippen LogP contribution in [0.4, 0.5) is 4.39 Å². The van der Waals surface area contributed by atoms with Gasteiger partial charge in [-0.2, -0.15) is 0 Å². The van der Waals surface area contributed by atoms with Gasteiger partial charge < -0.3 is 0 Å². The first-order valence-electron chi connectivity index (χ1n) is 4.59. The Morgan fingerprint density at radius 1 is 0.941 bits per heavy atom. The van der Waals surface area contributed by atoms with Crippen molar-refractivity contribution in [3.8, 4) is 11.1 Å². The molecule has 2 aromatic rings. The highest BCUT2D eigenvalue weighted by atomic mass is 127. The fraction of sp³-hybridized carbons (Fsp3) is 0. The maximum atomic E-state index is 13.8. The molecule has 0 unspecified atom stereocenters. The Hall–Kier alpha value is -0.0300. The summed E-state index contributed by atoms with van der Waals surface area (Å²) < 4.78 is 14.7. The lowest BCUT2D eigenvalue weighted by molar-refractivity contribution is 0.631. The van der Waals surface area contributed by atoms with E-state index in [1.165, 1.54) is 6.07 Å². The van der Waals surface area contributed by atoms with Crippen LogP contribution >= 0.6 is 57.4 Å². The maximum Gasteiger partial charge on any atom is 0.131 e. The molecule has 0 fully saturated rings. The van der Waals surface area contributed by atoms with Gasteiger partial charge in [0.15, 0.2) is 0 Å². The van der Waals surface area contributed by atoms with Crippen molar-refractivity contribution in [1.82, 2.24) is 0 Å².